The fraction of sp³-hybridized carbons (Fsp3) is 0.481. The summed E-state index contributed by atoms with van der Waals surface area (Å²) in [6.45, 7) is 5.29. The van der Waals surface area contributed by atoms with Gasteiger partial charge in [-0.1, -0.05) is 51.5 Å². The Bertz CT molecular complexity index is 2670. The van der Waals surface area contributed by atoms with Crippen LogP contribution in [-0.2, 0) is 49.5 Å². The summed E-state index contributed by atoms with van der Waals surface area (Å²) in [6.07, 6.45) is 3.31. The van der Waals surface area contributed by atoms with E-state index in [-0.39, 0.29) is 67.9 Å². The zero-order chi connectivity index (χ0) is 53.7. The van der Waals surface area contributed by atoms with Crippen LogP contribution in [0.15, 0.2) is 60.7 Å². The summed E-state index contributed by atoms with van der Waals surface area (Å²) >= 11 is 0. The molecule has 2 fully saturated rings. The van der Waals surface area contributed by atoms with E-state index in [9.17, 15) is 47.9 Å². The number of amides is 7. The van der Waals surface area contributed by atoms with Crippen LogP contribution >= 0.6 is 0 Å². The van der Waals surface area contributed by atoms with Gasteiger partial charge in [-0.3, -0.25) is 53.4 Å². The summed E-state index contributed by atoms with van der Waals surface area (Å²) in [7, 11) is 3.08. The highest BCUT2D eigenvalue weighted by Crippen LogP contribution is 2.35. The Morgan fingerprint density at radius 2 is 1.60 bits per heavy atom. The molecule has 0 saturated carbocycles. The number of carbonyl (C=O) groups excluding carboxylic acids is 10. The monoisotopic (exact) mass is 1010 g/mol. The first-order valence-corrected chi connectivity index (χ1v) is 24.8. The summed E-state index contributed by atoms with van der Waals surface area (Å²) in [5.41, 5.74) is 0.728. The van der Waals surface area contributed by atoms with E-state index >= 15 is 0 Å². The Labute approximate surface area is 425 Å². The fourth-order valence-corrected chi connectivity index (χ4v) is 8.75. The molecule has 3 aliphatic rings. The van der Waals surface area contributed by atoms with Crippen LogP contribution < -0.4 is 30.2 Å². The van der Waals surface area contributed by atoms with Crippen LogP contribution in [-0.4, -0.2) is 115 Å². The summed E-state index contributed by atoms with van der Waals surface area (Å²) < 4.78 is 31.3. The summed E-state index contributed by atoms with van der Waals surface area (Å²) in [4.78, 5) is 132. The van der Waals surface area contributed by atoms with Gasteiger partial charge in [0.15, 0.2) is 18.1 Å². The number of benzene rings is 3. The number of ether oxygens (including phenoxy) is 4. The van der Waals surface area contributed by atoms with E-state index < -0.39 is 83.3 Å². The van der Waals surface area contributed by atoms with Crippen LogP contribution in [0.4, 0.5) is 5.69 Å². The largest absolute Gasteiger partial charge is 0.493 e. The number of methoxy groups -OCH3 is 2. The van der Waals surface area contributed by atoms with Gasteiger partial charge in [0.2, 0.25) is 23.5 Å². The molecule has 3 atom stereocenters. The molecule has 0 spiro atoms. The first kappa shape index (κ1) is 53.4. The molecule has 0 aromatic heterocycles. The molecule has 0 bridgehead atoms. The van der Waals surface area contributed by atoms with Gasteiger partial charge in [-0.05, 0) is 105 Å². The maximum absolute atomic E-state index is 14.1. The lowest BCUT2D eigenvalue weighted by molar-refractivity contribution is -0.164. The number of hydrogen-bond donors (Lipinski definition) is 3. The normalized spacial score (nSPS) is 18.2. The molecule has 7 amide bonds. The van der Waals surface area contributed by atoms with Crippen molar-refractivity contribution < 1.29 is 68.3 Å². The smallest absolute Gasteiger partial charge is 0.329 e. The minimum Gasteiger partial charge on any atom is -0.493 e. The molecule has 3 aromatic rings. The van der Waals surface area contributed by atoms with E-state index in [1.165, 1.54) is 30.2 Å². The highest BCUT2D eigenvalue weighted by molar-refractivity contribution is 6.38. The van der Waals surface area contributed by atoms with Gasteiger partial charge in [0.05, 0.1) is 26.7 Å². The average Bonchev–Trinajstić information content (AvgIpc) is 3.66. The van der Waals surface area contributed by atoms with Gasteiger partial charge in [0.25, 0.3) is 23.6 Å². The van der Waals surface area contributed by atoms with E-state index in [1.54, 1.807) is 51.3 Å². The minimum absolute atomic E-state index is 0.00437. The molecule has 19 heteroatoms. The second kappa shape index (κ2) is 25.3. The van der Waals surface area contributed by atoms with Gasteiger partial charge in [-0.15, -0.1) is 0 Å². The number of imide groups is 2. The molecule has 6 rings (SSSR count). The summed E-state index contributed by atoms with van der Waals surface area (Å²) in [5, 5.41) is 7.55. The molecule has 73 heavy (non-hydrogen) atoms. The lowest BCUT2D eigenvalue weighted by atomic mass is 9.84. The van der Waals surface area contributed by atoms with Crippen molar-refractivity contribution in [2.75, 3.05) is 39.2 Å². The number of Topliss-reactive ketones (excluding diaryl/α,β-unsaturated/α-hetero) is 2. The van der Waals surface area contributed by atoms with Crippen LogP contribution in [0.3, 0.4) is 0 Å². The first-order valence-electron chi connectivity index (χ1n) is 25.3. The average molecular weight is 1010 g/mol. The number of carbonyl (C=O) groups is 10. The van der Waals surface area contributed by atoms with Crippen molar-refractivity contribution >= 4 is 64.6 Å². The van der Waals surface area contributed by atoms with Crippen molar-refractivity contribution in [2.45, 2.75) is 129 Å². The van der Waals surface area contributed by atoms with E-state index in [0.29, 0.717) is 85.4 Å². The standard InChI is InChI=1S/C54H65N5O14/c1-6-54(2,3)48(64)52(68)58-29-11-9-18-39(58)53(69)73-40(24-20-33-21-25-41(70-4)43(30-33)71-5)34-14-12-15-35(31-34)56-44(61)26-22-36(60)16-8-7-10-28-55-46(63)32-72-42-19-13-17-37-47(42)51(67)59(50(37)66)38-23-27-45(62)57-49(38)65/h12-15,17,19,21,25,30-31,38-40H,6-11,16,18,20,22-24,26-29,32H2,1-5H3,(H,55,63)(H,56,61)(H,57,62,65)/i38D. The van der Waals surface area contributed by atoms with Crippen molar-refractivity contribution in [3.63, 3.8) is 0 Å². The van der Waals surface area contributed by atoms with Gasteiger partial charge >= 0.3 is 5.97 Å². The predicted octanol–water partition coefficient (Wildman–Crippen LogP) is 5.75. The van der Waals surface area contributed by atoms with Crippen LogP contribution in [0.2, 0.25) is 0 Å². The van der Waals surface area contributed by atoms with Crippen LogP contribution in [0, 0.1) is 5.41 Å². The van der Waals surface area contributed by atoms with E-state index in [2.05, 4.69) is 10.6 Å². The van der Waals surface area contributed by atoms with Crippen molar-refractivity contribution in [2.24, 2.45) is 5.41 Å². The Morgan fingerprint density at radius 1 is 0.836 bits per heavy atom. The summed E-state index contributed by atoms with van der Waals surface area (Å²) in [6, 6.07) is 13.3. The highest BCUT2D eigenvalue weighted by Gasteiger charge is 2.46. The van der Waals surface area contributed by atoms with Crippen molar-refractivity contribution in [3.05, 3.63) is 82.9 Å². The van der Waals surface area contributed by atoms with Crippen LogP contribution in [0.1, 0.15) is 144 Å². The highest BCUT2D eigenvalue weighted by atomic mass is 16.5. The van der Waals surface area contributed by atoms with Gasteiger partial charge in [-0.25, -0.2) is 4.79 Å². The van der Waals surface area contributed by atoms with Gasteiger partial charge in [0, 0.05) is 49.9 Å². The molecule has 0 radical (unpaired) electrons. The van der Waals surface area contributed by atoms with Crippen LogP contribution in [0.5, 0.6) is 17.2 Å². The number of rotatable bonds is 25. The Hall–Kier alpha value is -7.44. The minimum atomic E-state index is -2.32. The number of ketones is 2. The van der Waals surface area contributed by atoms with Gasteiger partial charge in [0.1, 0.15) is 29.7 Å². The number of aryl methyl sites for hydroxylation is 1. The topological polar surface area (TPSA) is 250 Å². The second-order valence-corrected chi connectivity index (χ2v) is 18.8. The maximum Gasteiger partial charge on any atom is 0.329 e. The van der Waals surface area contributed by atoms with Gasteiger partial charge in [-0.2, -0.15) is 0 Å². The molecule has 3 heterocycles. The number of unbranched alkanes of at least 4 members (excludes halogenated alkanes) is 2. The summed E-state index contributed by atoms with van der Waals surface area (Å²) in [5.74, 6) is -5.40. The molecule has 3 aliphatic heterocycles. The number of nitrogens with zero attached hydrogens (tertiary/aromatic N) is 2. The Morgan fingerprint density at radius 3 is 2.34 bits per heavy atom. The lowest BCUT2D eigenvalue weighted by Gasteiger charge is -2.36. The quantitative estimate of drug-likeness (QED) is 0.0396. The third-order valence-electron chi connectivity index (χ3n) is 13.4. The Balaban J connectivity index is 0.961. The van der Waals surface area contributed by atoms with E-state index in [1.807, 2.05) is 24.4 Å². The number of nitrogens with one attached hydrogen (secondary N) is 3. The third kappa shape index (κ3) is 14.0. The van der Waals surface area contributed by atoms with E-state index in [4.69, 9.17) is 20.3 Å². The number of hydrogen-bond acceptors (Lipinski definition) is 14. The zero-order valence-corrected chi connectivity index (χ0v) is 42.1. The maximum atomic E-state index is 14.1. The molecule has 2 saturated heterocycles. The SMILES string of the molecule is [2H]C1(N2C(=O)c3cccc(OCC(=O)NCCCCCC(=O)CCC(=O)Nc4cccc(C(CCc5ccc(OC)c(OC)c5)OC(=O)C5CCCCN5C(=O)C(=O)C(C)(C)CC)c4)c3C2=O)CCC(=O)NC1=O. The zero-order valence-electron chi connectivity index (χ0n) is 43.1. The molecule has 3 aromatic carbocycles. The first-order chi connectivity index (χ1) is 35.3. The molecule has 3 unspecified atom stereocenters. The van der Waals surface area contributed by atoms with Crippen molar-refractivity contribution in [3.8, 4) is 17.2 Å². The molecule has 0 aliphatic carbocycles. The number of fused-ring (bicyclic) bond motifs is 1. The fourth-order valence-electron chi connectivity index (χ4n) is 8.75. The Kier molecular flexibility index (Phi) is 18.5. The molecule has 19 nitrogen and oxygen atoms in total. The van der Waals surface area contributed by atoms with Crippen molar-refractivity contribution in [1.29, 1.82) is 0 Å². The van der Waals surface area contributed by atoms with Crippen molar-refractivity contribution in [1.82, 2.24) is 20.4 Å². The molecule has 390 valence electrons. The second-order valence-electron chi connectivity index (χ2n) is 18.8. The number of likely N-dealkylation sites (tertiary alicyclic amines) is 1. The molecule has 3 N–H and O–H groups in total. The number of esters is 1. The van der Waals surface area contributed by atoms with E-state index in [0.717, 1.165) is 5.56 Å². The number of anilines is 1. The third-order valence-corrected chi connectivity index (χ3v) is 13.4. The predicted molar refractivity (Wildman–Crippen MR) is 265 cm³/mol. The van der Waals surface area contributed by atoms with Gasteiger partial charge < -0.3 is 34.5 Å². The van der Waals surface area contributed by atoms with Crippen LogP contribution in [0.25, 0.3) is 0 Å². The molecular weight excluding hydrogens is 943 g/mol. The molecular formula is C54H65N5O14. The lowest BCUT2D eigenvalue weighted by Crippen LogP contribution is -2.54. The number of piperidine rings is 2.